The normalized spacial score (nSPS) is 17.8. The molecule has 1 aromatic rings. The highest BCUT2D eigenvalue weighted by Crippen LogP contribution is 2.20. The van der Waals surface area contributed by atoms with Crippen molar-refractivity contribution in [2.45, 2.75) is 13.5 Å². The van der Waals surface area contributed by atoms with Gasteiger partial charge in [0.1, 0.15) is 0 Å². The zero-order valence-corrected chi connectivity index (χ0v) is 10.3. The van der Waals surface area contributed by atoms with Crippen molar-refractivity contribution in [3.8, 4) is 0 Å². The summed E-state index contributed by atoms with van der Waals surface area (Å²) in [7, 11) is -0.628. The Balaban J connectivity index is 2.15. The molecular formula is C12H17NO2S. The maximum atomic E-state index is 11.3. The van der Waals surface area contributed by atoms with E-state index in [0.29, 0.717) is 0 Å². The van der Waals surface area contributed by atoms with Crippen LogP contribution in [0.1, 0.15) is 11.1 Å². The van der Waals surface area contributed by atoms with Crippen LogP contribution < -0.4 is 4.90 Å². The van der Waals surface area contributed by atoms with Crippen molar-refractivity contribution in [3.05, 3.63) is 29.3 Å². The summed E-state index contributed by atoms with van der Waals surface area (Å²) in [5, 5.41) is 9.10. The van der Waals surface area contributed by atoms with Gasteiger partial charge in [-0.05, 0) is 30.2 Å². The first-order valence-corrected chi connectivity index (χ1v) is 7.00. The van der Waals surface area contributed by atoms with E-state index in [0.717, 1.165) is 35.7 Å². The molecule has 4 heteroatoms. The molecule has 0 aliphatic carbocycles. The lowest BCUT2D eigenvalue weighted by Crippen LogP contribution is -2.37. The molecule has 1 aromatic carbocycles. The molecule has 0 atom stereocenters. The van der Waals surface area contributed by atoms with Crippen LogP contribution in [0.4, 0.5) is 5.69 Å². The summed E-state index contributed by atoms with van der Waals surface area (Å²) in [4.78, 5) is 2.26. The van der Waals surface area contributed by atoms with E-state index in [4.69, 9.17) is 5.11 Å². The van der Waals surface area contributed by atoms with Crippen molar-refractivity contribution < 1.29 is 9.32 Å². The van der Waals surface area contributed by atoms with Crippen LogP contribution in [0.25, 0.3) is 0 Å². The molecule has 1 aliphatic heterocycles. The zero-order valence-electron chi connectivity index (χ0n) is 9.48. The predicted octanol–water partition coefficient (Wildman–Crippen LogP) is 1.06. The highest BCUT2D eigenvalue weighted by Gasteiger charge is 2.15. The third-order valence-electron chi connectivity index (χ3n) is 3.04. The van der Waals surface area contributed by atoms with Gasteiger partial charge in [0.05, 0.1) is 6.61 Å². The Labute approximate surface area is 98.5 Å². The Morgan fingerprint density at radius 1 is 1.38 bits per heavy atom. The van der Waals surface area contributed by atoms with Crippen molar-refractivity contribution in [1.82, 2.24) is 0 Å². The molecule has 3 nitrogen and oxygen atoms in total. The molecule has 1 aliphatic rings. The molecule has 16 heavy (non-hydrogen) atoms. The molecule has 0 spiro atoms. The fourth-order valence-corrected chi connectivity index (χ4v) is 3.00. The molecule has 88 valence electrons. The van der Waals surface area contributed by atoms with Crippen LogP contribution in [0.15, 0.2) is 18.2 Å². The van der Waals surface area contributed by atoms with Gasteiger partial charge < -0.3 is 10.0 Å². The topological polar surface area (TPSA) is 40.5 Å². The van der Waals surface area contributed by atoms with Gasteiger partial charge in [-0.25, -0.2) is 0 Å². The maximum absolute atomic E-state index is 11.3. The number of hydrogen-bond acceptors (Lipinski definition) is 3. The Morgan fingerprint density at radius 3 is 2.62 bits per heavy atom. The van der Waals surface area contributed by atoms with Gasteiger partial charge in [-0.15, -0.1) is 0 Å². The van der Waals surface area contributed by atoms with E-state index in [9.17, 15) is 4.21 Å². The molecule has 1 heterocycles. The Morgan fingerprint density at radius 2 is 2.06 bits per heavy atom. The Bertz CT molecular complexity index is 396. The van der Waals surface area contributed by atoms with Crippen LogP contribution in [0.2, 0.25) is 0 Å². The Hall–Kier alpha value is -0.870. The number of hydrogen-bond donors (Lipinski definition) is 1. The summed E-state index contributed by atoms with van der Waals surface area (Å²) in [6.45, 7) is 3.84. The molecule has 0 saturated carbocycles. The first-order valence-electron chi connectivity index (χ1n) is 5.51. The summed E-state index contributed by atoms with van der Waals surface area (Å²) in [6.07, 6.45) is 0. The highest BCUT2D eigenvalue weighted by molar-refractivity contribution is 7.85. The van der Waals surface area contributed by atoms with E-state index < -0.39 is 10.8 Å². The SMILES string of the molecule is Cc1cc(N2CCS(=O)CC2)ccc1CO. The van der Waals surface area contributed by atoms with Crippen LogP contribution >= 0.6 is 0 Å². The number of benzene rings is 1. The summed E-state index contributed by atoms with van der Waals surface area (Å²) >= 11 is 0. The molecule has 2 rings (SSSR count). The smallest absolute Gasteiger partial charge is 0.0684 e. The fourth-order valence-electron chi connectivity index (χ4n) is 1.95. The average Bonchev–Trinajstić information content (AvgIpc) is 2.30. The first kappa shape index (κ1) is 11.6. The van der Waals surface area contributed by atoms with Gasteiger partial charge in [0.2, 0.25) is 0 Å². The lowest BCUT2D eigenvalue weighted by Gasteiger charge is -2.28. The summed E-state index contributed by atoms with van der Waals surface area (Å²) in [5.41, 5.74) is 3.27. The number of anilines is 1. The second-order valence-corrected chi connectivity index (χ2v) is 5.80. The maximum Gasteiger partial charge on any atom is 0.0684 e. The van der Waals surface area contributed by atoms with Gasteiger partial charge >= 0.3 is 0 Å². The van der Waals surface area contributed by atoms with Crippen molar-refractivity contribution in [2.24, 2.45) is 0 Å². The van der Waals surface area contributed by atoms with Gasteiger partial charge in [0.25, 0.3) is 0 Å². The lowest BCUT2D eigenvalue weighted by atomic mass is 10.1. The van der Waals surface area contributed by atoms with Gasteiger partial charge in [0, 0.05) is 41.1 Å². The number of aliphatic hydroxyl groups is 1. The first-order chi connectivity index (χ1) is 7.70. The number of aliphatic hydroxyl groups excluding tert-OH is 1. The van der Waals surface area contributed by atoms with Crippen LogP contribution in [-0.4, -0.2) is 33.9 Å². The molecule has 0 unspecified atom stereocenters. The minimum atomic E-state index is -0.628. The van der Waals surface area contributed by atoms with Gasteiger partial charge in [0.15, 0.2) is 0 Å². The van der Waals surface area contributed by atoms with E-state index in [2.05, 4.69) is 11.0 Å². The second kappa shape index (κ2) is 4.97. The number of rotatable bonds is 2. The molecule has 0 radical (unpaired) electrons. The van der Waals surface area contributed by atoms with E-state index in [-0.39, 0.29) is 6.61 Å². The van der Waals surface area contributed by atoms with E-state index in [1.54, 1.807) is 0 Å². The molecular weight excluding hydrogens is 222 g/mol. The van der Waals surface area contributed by atoms with Crippen LogP contribution in [0, 0.1) is 6.92 Å². The minimum absolute atomic E-state index is 0.0934. The van der Waals surface area contributed by atoms with Crippen LogP contribution in [0.3, 0.4) is 0 Å². The quantitative estimate of drug-likeness (QED) is 0.839. The van der Waals surface area contributed by atoms with Crippen molar-refractivity contribution in [1.29, 1.82) is 0 Å². The van der Waals surface area contributed by atoms with Crippen molar-refractivity contribution in [2.75, 3.05) is 29.5 Å². The van der Waals surface area contributed by atoms with Crippen molar-refractivity contribution >= 4 is 16.5 Å². The average molecular weight is 239 g/mol. The van der Waals surface area contributed by atoms with E-state index in [1.807, 2.05) is 19.1 Å². The molecule has 0 aromatic heterocycles. The molecule has 0 bridgehead atoms. The van der Waals surface area contributed by atoms with Gasteiger partial charge in [-0.3, -0.25) is 4.21 Å². The standard InChI is InChI=1S/C12H17NO2S/c1-10-8-12(3-2-11(10)9-14)13-4-6-16(15)7-5-13/h2-3,8,14H,4-7,9H2,1H3. The highest BCUT2D eigenvalue weighted by atomic mass is 32.2. The summed E-state index contributed by atoms with van der Waals surface area (Å²) in [5.74, 6) is 1.53. The number of nitrogens with zero attached hydrogens (tertiary/aromatic N) is 1. The summed E-state index contributed by atoms with van der Waals surface area (Å²) in [6, 6.07) is 6.10. The molecule has 1 N–H and O–H groups in total. The second-order valence-electron chi connectivity index (χ2n) is 4.10. The van der Waals surface area contributed by atoms with Crippen LogP contribution in [-0.2, 0) is 17.4 Å². The third kappa shape index (κ3) is 2.44. The third-order valence-corrected chi connectivity index (χ3v) is 4.32. The molecule has 0 amide bonds. The van der Waals surface area contributed by atoms with E-state index in [1.165, 1.54) is 5.69 Å². The van der Waals surface area contributed by atoms with Gasteiger partial charge in [-0.2, -0.15) is 0 Å². The zero-order chi connectivity index (χ0) is 11.5. The van der Waals surface area contributed by atoms with Crippen LogP contribution in [0.5, 0.6) is 0 Å². The molecule has 1 saturated heterocycles. The number of aryl methyl sites for hydroxylation is 1. The lowest BCUT2D eigenvalue weighted by molar-refractivity contribution is 0.281. The fraction of sp³-hybridized carbons (Fsp3) is 0.500. The monoisotopic (exact) mass is 239 g/mol. The van der Waals surface area contributed by atoms with Crippen molar-refractivity contribution in [3.63, 3.8) is 0 Å². The van der Waals surface area contributed by atoms with Gasteiger partial charge in [-0.1, -0.05) is 6.07 Å². The molecule has 1 fully saturated rings. The van der Waals surface area contributed by atoms with E-state index >= 15 is 0 Å². The predicted molar refractivity (Wildman–Crippen MR) is 67.2 cm³/mol. The Kier molecular flexibility index (Phi) is 3.61. The summed E-state index contributed by atoms with van der Waals surface area (Å²) < 4.78 is 11.3. The largest absolute Gasteiger partial charge is 0.392 e. The minimum Gasteiger partial charge on any atom is -0.392 e.